The minimum Gasteiger partial charge on any atom is -0.508 e. The molecule has 2 aromatic rings. The molecule has 0 spiro atoms. The number of hydrogen-bond donors (Lipinski definition) is 1. The Hall–Kier alpha value is -2.16. The number of Topliss-reactive ketones (excluding diaryl/α,β-unsaturated/α-hetero) is 1. The molecular weight excluding hydrogens is 363 g/mol. The molecule has 0 heterocycles. The van der Waals surface area contributed by atoms with Gasteiger partial charge in [0.2, 0.25) is 0 Å². The summed E-state index contributed by atoms with van der Waals surface area (Å²) in [5.41, 5.74) is 4.41. The molecule has 0 bridgehead atoms. The van der Waals surface area contributed by atoms with Crippen molar-refractivity contribution < 1.29 is 14.3 Å². The number of alkyl halides is 1. The highest BCUT2D eigenvalue weighted by atomic mass is 19.1. The number of aromatic hydroxyl groups is 1. The van der Waals surface area contributed by atoms with Crippen LogP contribution >= 0.6 is 0 Å². The molecule has 2 saturated carbocycles. The Morgan fingerprint density at radius 2 is 1.93 bits per heavy atom. The van der Waals surface area contributed by atoms with Crippen LogP contribution in [0.15, 0.2) is 42.5 Å². The van der Waals surface area contributed by atoms with Gasteiger partial charge >= 0.3 is 0 Å². The number of ketones is 1. The zero-order chi connectivity index (χ0) is 20.2. The molecule has 29 heavy (non-hydrogen) atoms. The number of carbonyl (C=O) groups excluding carboxylic acids is 1. The fourth-order valence-electron chi connectivity index (χ4n) is 6.53. The summed E-state index contributed by atoms with van der Waals surface area (Å²) in [4.78, 5) is 12.5. The van der Waals surface area contributed by atoms with Gasteiger partial charge in [-0.15, -0.1) is 0 Å². The predicted molar refractivity (Wildman–Crippen MR) is 112 cm³/mol. The molecular formula is C26H29FO2. The molecule has 0 aliphatic heterocycles. The first kappa shape index (κ1) is 18.8. The normalized spacial score (nSPS) is 33.1. The van der Waals surface area contributed by atoms with E-state index in [4.69, 9.17) is 0 Å². The Kier molecular flexibility index (Phi) is 4.53. The number of rotatable bonds is 3. The molecule has 2 fully saturated rings. The molecule has 0 amide bonds. The SMILES string of the molecule is C[C@]12CC[C@@H]3c4cc(CCc5ccccc5)c(O)cc4CC[C@H]3[C@@H]1C[C@@H](F)C2=O. The molecule has 3 aliphatic carbocycles. The molecule has 152 valence electrons. The van der Waals surface area contributed by atoms with E-state index in [0.29, 0.717) is 24.0 Å². The van der Waals surface area contributed by atoms with Gasteiger partial charge in [0.25, 0.3) is 0 Å². The maximum Gasteiger partial charge on any atom is 0.173 e. The lowest BCUT2D eigenvalue weighted by molar-refractivity contribution is -0.132. The third-order valence-electron chi connectivity index (χ3n) is 8.15. The molecule has 5 rings (SSSR count). The number of benzene rings is 2. The standard InChI is InChI=1S/C26H29FO2/c1-26-12-11-19-20(22(26)15-23(27)25(26)29)10-9-17-14-24(28)18(13-21(17)19)8-7-16-5-3-2-4-6-16/h2-6,13-14,19-20,22-23,28H,7-12,15H2,1H3/t19-,20+,22-,23+,26-/m0/s1. The average Bonchev–Trinajstić information content (AvgIpc) is 2.96. The highest BCUT2D eigenvalue weighted by Crippen LogP contribution is 2.60. The number of phenolic OH excluding ortho intramolecular Hbond substituents is 1. The Labute approximate surface area is 172 Å². The molecule has 0 radical (unpaired) electrons. The van der Waals surface area contributed by atoms with E-state index in [1.54, 1.807) is 0 Å². The minimum absolute atomic E-state index is 0.152. The lowest BCUT2D eigenvalue weighted by Crippen LogP contribution is -2.42. The van der Waals surface area contributed by atoms with E-state index < -0.39 is 11.6 Å². The van der Waals surface area contributed by atoms with Crippen molar-refractivity contribution in [1.82, 2.24) is 0 Å². The van der Waals surface area contributed by atoms with Crippen LogP contribution in [0.3, 0.4) is 0 Å². The van der Waals surface area contributed by atoms with Gasteiger partial charge in [-0.05, 0) is 91.0 Å². The molecule has 3 heteroatoms. The summed E-state index contributed by atoms with van der Waals surface area (Å²) in [6, 6.07) is 14.6. The third-order valence-corrected chi connectivity index (χ3v) is 8.15. The fourth-order valence-corrected chi connectivity index (χ4v) is 6.53. The van der Waals surface area contributed by atoms with Crippen LogP contribution in [0.5, 0.6) is 5.75 Å². The predicted octanol–water partition coefficient (Wildman–Crippen LogP) is 5.55. The van der Waals surface area contributed by atoms with Gasteiger partial charge in [0.05, 0.1) is 0 Å². The number of halogens is 1. The van der Waals surface area contributed by atoms with Crippen molar-refractivity contribution in [3.8, 4) is 5.75 Å². The molecule has 3 aliphatic rings. The van der Waals surface area contributed by atoms with Crippen LogP contribution < -0.4 is 0 Å². The third kappa shape index (κ3) is 3.01. The monoisotopic (exact) mass is 392 g/mol. The van der Waals surface area contributed by atoms with E-state index in [-0.39, 0.29) is 11.7 Å². The molecule has 0 saturated heterocycles. The van der Waals surface area contributed by atoms with Crippen LogP contribution in [-0.2, 0) is 24.1 Å². The second kappa shape index (κ2) is 6.97. The summed E-state index contributed by atoms with van der Waals surface area (Å²) in [6.45, 7) is 2.01. The maximum atomic E-state index is 14.3. The van der Waals surface area contributed by atoms with Gasteiger partial charge in [0.1, 0.15) is 5.75 Å². The molecule has 1 N–H and O–H groups in total. The van der Waals surface area contributed by atoms with Crippen LogP contribution in [0.1, 0.15) is 60.8 Å². The number of hydrogen-bond acceptors (Lipinski definition) is 2. The fraction of sp³-hybridized carbons (Fsp3) is 0.500. The Bertz CT molecular complexity index is 937. The molecule has 2 nitrogen and oxygen atoms in total. The molecule has 0 aromatic heterocycles. The van der Waals surface area contributed by atoms with Gasteiger partial charge in [0, 0.05) is 5.41 Å². The van der Waals surface area contributed by atoms with Crippen LogP contribution in [0.4, 0.5) is 4.39 Å². The van der Waals surface area contributed by atoms with Gasteiger partial charge in [-0.3, -0.25) is 4.79 Å². The first-order chi connectivity index (χ1) is 14.0. The Morgan fingerprint density at radius 3 is 2.72 bits per heavy atom. The Balaban J connectivity index is 1.43. The number of phenols is 1. The number of aryl methyl sites for hydroxylation is 3. The summed E-state index contributed by atoms with van der Waals surface area (Å²) < 4.78 is 14.3. The van der Waals surface area contributed by atoms with Crippen LogP contribution in [0.25, 0.3) is 0 Å². The van der Waals surface area contributed by atoms with Crippen molar-refractivity contribution in [2.45, 2.75) is 64.0 Å². The van der Waals surface area contributed by atoms with Crippen molar-refractivity contribution in [2.24, 2.45) is 17.3 Å². The van der Waals surface area contributed by atoms with Crippen LogP contribution in [0.2, 0.25) is 0 Å². The molecule has 2 aromatic carbocycles. The highest BCUT2D eigenvalue weighted by molar-refractivity contribution is 5.91. The van der Waals surface area contributed by atoms with E-state index >= 15 is 0 Å². The zero-order valence-corrected chi connectivity index (χ0v) is 17.0. The van der Waals surface area contributed by atoms with Gasteiger partial charge in [-0.2, -0.15) is 0 Å². The van der Waals surface area contributed by atoms with E-state index in [1.807, 2.05) is 31.2 Å². The van der Waals surface area contributed by atoms with E-state index in [2.05, 4.69) is 18.2 Å². The van der Waals surface area contributed by atoms with Gasteiger partial charge in [-0.1, -0.05) is 43.3 Å². The van der Waals surface area contributed by atoms with Gasteiger partial charge in [-0.25, -0.2) is 4.39 Å². The Morgan fingerprint density at radius 1 is 1.14 bits per heavy atom. The van der Waals surface area contributed by atoms with E-state index in [0.717, 1.165) is 44.1 Å². The van der Waals surface area contributed by atoms with Crippen molar-refractivity contribution in [3.63, 3.8) is 0 Å². The van der Waals surface area contributed by atoms with Crippen LogP contribution in [-0.4, -0.2) is 17.1 Å². The molecule has 0 unspecified atom stereocenters. The van der Waals surface area contributed by atoms with Crippen molar-refractivity contribution in [2.75, 3.05) is 0 Å². The lowest BCUT2D eigenvalue weighted by Gasteiger charge is -2.48. The van der Waals surface area contributed by atoms with Crippen molar-refractivity contribution >= 4 is 5.78 Å². The summed E-state index contributed by atoms with van der Waals surface area (Å²) in [5.74, 6) is 1.20. The summed E-state index contributed by atoms with van der Waals surface area (Å²) in [6.07, 6.45) is 4.51. The smallest absolute Gasteiger partial charge is 0.173 e. The van der Waals surface area contributed by atoms with Crippen LogP contribution in [0, 0.1) is 17.3 Å². The highest BCUT2D eigenvalue weighted by Gasteiger charge is 2.58. The molecule has 5 atom stereocenters. The number of fused-ring (bicyclic) bond motifs is 5. The van der Waals surface area contributed by atoms with Gasteiger partial charge in [0.15, 0.2) is 12.0 Å². The topological polar surface area (TPSA) is 37.3 Å². The number of carbonyl (C=O) groups is 1. The first-order valence-electron chi connectivity index (χ1n) is 11.0. The lowest BCUT2D eigenvalue weighted by atomic mass is 9.55. The van der Waals surface area contributed by atoms with E-state index in [9.17, 15) is 14.3 Å². The van der Waals surface area contributed by atoms with Crippen molar-refractivity contribution in [3.05, 3.63) is 64.7 Å². The second-order valence-electron chi connectivity index (χ2n) is 9.60. The minimum atomic E-state index is -1.27. The zero-order valence-electron chi connectivity index (χ0n) is 17.0. The first-order valence-corrected chi connectivity index (χ1v) is 11.0. The van der Waals surface area contributed by atoms with Gasteiger partial charge < -0.3 is 5.11 Å². The maximum absolute atomic E-state index is 14.3. The summed E-state index contributed by atoms with van der Waals surface area (Å²) in [5, 5.41) is 10.6. The average molecular weight is 393 g/mol. The second-order valence-corrected chi connectivity index (χ2v) is 9.60. The van der Waals surface area contributed by atoms with E-state index in [1.165, 1.54) is 16.7 Å². The summed E-state index contributed by atoms with van der Waals surface area (Å²) in [7, 11) is 0. The quantitative estimate of drug-likeness (QED) is 0.743. The van der Waals surface area contributed by atoms with Crippen molar-refractivity contribution in [1.29, 1.82) is 0 Å². The summed E-state index contributed by atoms with van der Waals surface area (Å²) >= 11 is 0. The largest absolute Gasteiger partial charge is 0.508 e.